The lowest BCUT2D eigenvalue weighted by Gasteiger charge is -1.92. The first-order valence-electron chi connectivity index (χ1n) is 3.93. The Morgan fingerprint density at radius 1 is 1.45 bits per heavy atom. The molecule has 0 atom stereocenters. The maximum absolute atomic E-state index is 5.61. The molecule has 0 saturated heterocycles. The van der Waals surface area contributed by atoms with Crippen molar-refractivity contribution >= 4 is 11.6 Å². The zero-order valence-corrected chi connectivity index (χ0v) is 8.02. The zero-order chi connectivity index (χ0) is 8.69. The zero-order valence-electron chi connectivity index (χ0n) is 7.26. The van der Waals surface area contributed by atoms with E-state index in [9.17, 15) is 0 Å². The van der Waals surface area contributed by atoms with E-state index in [1.165, 1.54) is 5.56 Å². The second-order valence-corrected chi connectivity index (χ2v) is 2.23. The average molecular weight is 172 g/mol. The van der Waals surface area contributed by atoms with Crippen molar-refractivity contribution in [2.24, 2.45) is 0 Å². The molecule has 1 rings (SSSR count). The highest BCUT2D eigenvalue weighted by Gasteiger charge is 1.88. The Morgan fingerprint density at radius 2 is 2.09 bits per heavy atom. The van der Waals surface area contributed by atoms with E-state index in [4.69, 9.17) is 11.6 Å². The van der Waals surface area contributed by atoms with Crippen LogP contribution in [0.2, 0.25) is 5.15 Å². The van der Waals surface area contributed by atoms with E-state index in [1.807, 2.05) is 26.0 Å². The van der Waals surface area contributed by atoms with E-state index in [0.717, 1.165) is 6.42 Å². The lowest BCUT2D eigenvalue weighted by molar-refractivity contribution is 1.12. The SMILES string of the molecule is CC.CCc1ccnc(Cl)c1. The minimum absolute atomic E-state index is 0.578. The van der Waals surface area contributed by atoms with Crippen molar-refractivity contribution in [1.29, 1.82) is 0 Å². The molecule has 1 aromatic rings. The molecule has 1 nitrogen and oxygen atoms in total. The Bertz CT molecular complexity index is 199. The van der Waals surface area contributed by atoms with E-state index < -0.39 is 0 Å². The molecule has 0 bridgehead atoms. The van der Waals surface area contributed by atoms with Crippen molar-refractivity contribution in [3.8, 4) is 0 Å². The molecule has 1 heterocycles. The van der Waals surface area contributed by atoms with Gasteiger partial charge in [-0.2, -0.15) is 0 Å². The van der Waals surface area contributed by atoms with Gasteiger partial charge in [0, 0.05) is 6.20 Å². The summed E-state index contributed by atoms with van der Waals surface area (Å²) >= 11 is 5.61. The van der Waals surface area contributed by atoms with Crippen molar-refractivity contribution in [1.82, 2.24) is 4.98 Å². The van der Waals surface area contributed by atoms with Crippen LogP contribution in [0.5, 0.6) is 0 Å². The standard InChI is InChI=1S/C7H8ClN.C2H6/c1-2-6-3-4-9-7(8)5-6;1-2/h3-5H,2H2,1H3;1-2H3. The van der Waals surface area contributed by atoms with Crippen molar-refractivity contribution in [2.45, 2.75) is 27.2 Å². The van der Waals surface area contributed by atoms with Crippen molar-refractivity contribution in [3.05, 3.63) is 29.0 Å². The van der Waals surface area contributed by atoms with Gasteiger partial charge in [0.05, 0.1) is 0 Å². The van der Waals surface area contributed by atoms with Crippen LogP contribution in [0.25, 0.3) is 0 Å². The van der Waals surface area contributed by atoms with E-state index in [2.05, 4.69) is 11.9 Å². The number of hydrogen-bond donors (Lipinski definition) is 0. The summed E-state index contributed by atoms with van der Waals surface area (Å²) in [6.07, 6.45) is 2.74. The van der Waals surface area contributed by atoms with E-state index in [1.54, 1.807) is 6.20 Å². The predicted molar refractivity (Wildman–Crippen MR) is 50.0 cm³/mol. The molecule has 0 aliphatic carbocycles. The third kappa shape index (κ3) is 3.99. The molecule has 0 unspecified atom stereocenters. The highest BCUT2D eigenvalue weighted by molar-refractivity contribution is 6.29. The molecule has 0 fully saturated rings. The fourth-order valence-corrected chi connectivity index (χ4v) is 0.859. The highest BCUT2D eigenvalue weighted by Crippen LogP contribution is 2.06. The number of halogens is 1. The predicted octanol–water partition coefficient (Wildman–Crippen LogP) is 3.32. The van der Waals surface area contributed by atoms with Crippen LogP contribution in [0.15, 0.2) is 18.3 Å². The smallest absolute Gasteiger partial charge is 0.129 e. The first-order chi connectivity index (χ1) is 5.33. The first-order valence-corrected chi connectivity index (χ1v) is 4.31. The summed E-state index contributed by atoms with van der Waals surface area (Å²) in [4.78, 5) is 3.85. The van der Waals surface area contributed by atoms with E-state index >= 15 is 0 Å². The van der Waals surface area contributed by atoms with Gasteiger partial charge in [0.25, 0.3) is 0 Å². The van der Waals surface area contributed by atoms with Gasteiger partial charge in [0.2, 0.25) is 0 Å². The highest BCUT2D eigenvalue weighted by atomic mass is 35.5. The molecule has 1 aromatic heterocycles. The Morgan fingerprint density at radius 3 is 2.45 bits per heavy atom. The van der Waals surface area contributed by atoms with Crippen LogP contribution >= 0.6 is 11.6 Å². The summed E-state index contributed by atoms with van der Waals surface area (Å²) < 4.78 is 0. The molecule has 0 aliphatic heterocycles. The number of aryl methyl sites for hydroxylation is 1. The first kappa shape index (κ1) is 10.4. The van der Waals surface area contributed by atoms with Crippen LogP contribution in [0, 0.1) is 0 Å². The Labute approximate surface area is 73.4 Å². The maximum atomic E-state index is 5.61. The quantitative estimate of drug-likeness (QED) is 0.591. The Hall–Kier alpha value is -0.560. The summed E-state index contributed by atoms with van der Waals surface area (Å²) in [5.74, 6) is 0. The Balaban J connectivity index is 0.000000461. The minimum atomic E-state index is 0.578. The second kappa shape index (κ2) is 6.17. The van der Waals surface area contributed by atoms with E-state index in [0.29, 0.717) is 5.15 Å². The molecular weight excluding hydrogens is 158 g/mol. The maximum Gasteiger partial charge on any atom is 0.129 e. The fraction of sp³-hybridized carbons (Fsp3) is 0.444. The molecule has 0 radical (unpaired) electrons. The molecule has 0 aliphatic rings. The van der Waals surface area contributed by atoms with Crippen LogP contribution in [-0.2, 0) is 6.42 Å². The van der Waals surface area contributed by atoms with Crippen LogP contribution in [0.3, 0.4) is 0 Å². The fourth-order valence-electron chi connectivity index (χ4n) is 0.662. The molecule has 0 amide bonds. The van der Waals surface area contributed by atoms with Gasteiger partial charge in [0.15, 0.2) is 0 Å². The van der Waals surface area contributed by atoms with Gasteiger partial charge >= 0.3 is 0 Å². The molecule has 0 spiro atoms. The van der Waals surface area contributed by atoms with Crippen molar-refractivity contribution in [3.63, 3.8) is 0 Å². The third-order valence-corrected chi connectivity index (χ3v) is 1.41. The molecule has 2 heteroatoms. The van der Waals surface area contributed by atoms with Gasteiger partial charge < -0.3 is 0 Å². The van der Waals surface area contributed by atoms with Crippen molar-refractivity contribution in [2.75, 3.05) is 0 Å². The monoisotopic (exact) mass is 171 g/mol. The summed E-state index contributed by atoms with van der Waals surface area (Å²) in [6, 6.07) is 3.84. The number of pyridine rings is 1. The molecule has 0 aromatic carbocycles. The summed E-state index contributed by atoms with van der Waals surface area (Å²) in [5, 5.41) is 0.578. The number of rotatable bonds is 1. The Kier molecular flexibility index (Phi) is 5.86. The molecule has 0 saturated carbocycles. The van der Waals surface area contributed by atoms with Crippen LogP contribution < -0.4 is 0 Å². The lowest BCUT2D eigenvalue weighted by Crippen LogP contribution is -1.80. The molecule has 0 N–H and O–H groups in total. The number of aromatic nitrogens is 1. The van der Waals surface area contributed by atoms with Gasteiger partial charge in [-0.05, 0) is 24.1 Å². The van der Waals surface area contributed by atoms with E-state index in [-0.39, 0.29) is 0 Å². The van der Waals surface area contributed by atoms with Crippen LogP contribution in [-0.4, -0.2) is 4.98 Å². The van der Waals surface area contributed by atoms with Gasteiger partial charge in [0.1, 0.15) is 5.15 Å². The topological polar surface area (TPSA) is 12.9 Å². The van der Waals surface area contributed by atoms with Gasteiger partial charge in [-0.1, -0.05) is 32.4 Å². The van der Waals surface area contributed by atoms with Gasteiger partial charge in [-0.3, -0.25) is 0 Å². The summed E-state index contributed by atoms with van der Waals surface area (Å²) in [7, 11) is 0. The number of hydrogen-bond acceptors (Lipinski definition) is 1. The third-order valence-electron chi connectivity index (χ3n) is 1.20. The second-order valence-electron chi connectivity index (χ2n) is 1.84. The number of nitrogens with zero attached hydrogens (tertiary/aromatic N) is 1. The van der Waals surface area contributed by atoms with Crippen LogP contribution in [0.1, 0.15) is 26.3 Å². The normalized spacial score (nSPS) is 8.36. The summed E-state index contributed by atoms with van der Waals surface area (Å²) in [5.41, 5.74) is 1.23. The van der Waals surface area contributed by atoms with Crippen LogP contribution in [0.4, 0.5) is 0 Å². The average Bonchev–Trinajstić information content (AvgIpc) is 2.08. The molecular formula is C9H14ClN. The minimum Gasteiger partial charge on any atom is -0.245 e. The van der Waals surface area contributed by atoms with Crippen molar-refractivity contribution < 1.29 is 0 Å². The lowest BCUT2D eigenvalue weighted by atomic mass is 10.2. The summed E-state index contributed by atoms with van der Waals surface area (Å²) in [6.45, 7) is 6.09. The molecule has 62 valence electrons. The molecule has 11 heavy (non-hydrogen) atoms. The van der Waals surface area contributed by atoms with Gasteiger partial charge in [-0.25, -0.2) is 4.98 Å². The van der Waals surface area contributed by atoms with Gasteiger partial charge in [-0.15, -0.1) is 0 Å². The largest absolute Gasteiger partial charge is 0.245 e.